The van der Waals surface area contributed by atoms with E-state index in [4.69, 9.17) is 9.47 Å². The lowest BCUT2D eigenvalue weighted by atomic mass is 10.1. The minimum Gasteiger partial charge on any atom is -0.489 e. The van der Waals surface area contributed by atoms with Gasteiger partial charge in [-0.2, -0.15) is 0 Å². The molecule has 6 nitrogen and oxygen atoms in total. The summed E-state index contributed by atoms with van der Waals surface area (Å²) in [4.78, 5) is 16.2. The minimum absolute atomic E-state index is 0.000914. The fraction of sp³-hybridized carbons (Fsp3) is 0.444. The Bertz CT molecular complexity index is 692. The molecule has 1 aromatic heterocycles. The SMILES string of the molecule is COCCCNC(=O)[C@@H]1C[C@@H](Oc2ccc3cnccc3c2)CN1. The van der Waals surface area contributed by atoms with Crippen molar-refractivity contribution in [1.29, 1.82) is 0 Å². The summed E-state index contributed by atoms with van der Waals surface area (Å²) in [5.74, 6) is 0.850. The van der Waals surface area contributed by atoms with Crippen molar-refractivity contribution in [3.05, 3.63) is 36.7 Å². The number of benzene rings is 1. The lowest BCUT2D eigenvalue weighted by molar-refractivity contribution is -0.122. The van der Waals surface area contributed by atoms with Gasteiger partial charge in [0, 0.05) is 51.0 Å². The van der Waals surface area contributed by atoms with E-state index in [1.54, 1.807) is 13.3 Å². The Hall–Kier alpha value is -2.18. The summed E-state index contributed by atoms with van der Waals surface area (Å²) in [6.07, 6.45) is 5.10. The van der Waals surface area contributed by atoms with Crippen LogP contribution in [-0.4, -0.2) is 49.8 Å². The molecule has 0 aliphatic carbocycles. The van der Waals surface area contributed by atoms with Gasteiger partial charge in [0.25, 0.3) is 0 Å². The Morgan fingerprint density at radius 1 is 1.38 bits per heavy atom. The second kappa shape index (κ2) is 8.08. The van der Waals surface area contributed by atoms with Crippen molar-refractivity contribution in [2.24, 2.45) is 0 Å². The summed E-state index contributed by atoms with van der Waals surface area (Å²) in [6, 6.07) is 7.73. The molecule has 128 valence electrons. The van der Waals surface area contributed by atoms with Crippen molar-refractivity contribution in [2.45, 2.75) is 25.0 Å². The molecule has 1 aliphatic heterocycles. The molecular weight excluding hydrogens is 306 g/mol. The third kappa shape index (κ3) is 4.21. The van der Waals surface area contributed by atoms with Crippen molar-refractivity contribution in [2.75, 3.05) is 26.8 Å². The van der Waals surface area contributed by atoms with Crippen LogP contribution < -0.4 is 15.4 Å². The first kappa shape index (κ1) is 16.7. The molecule has 1 saturated heterocycles. The highest BCUT2D eigenvalue weighted by molar-refractivity contribution is 5.83. The molecule has 2 atom stereocenters. The molecule has 24 heavy (non-hydrogen) atoms. The van der Waals surface area contributed by atoms with Crippen LogP contribution in [0.1, 0.15) is 12.8 Å². The summed E-state index contributed by atoms with van der Waals surface area (Å²) in [7, 11) is 1.66. The van der Waals surface area contributed by atoms with Gasteiger partial charge in [0.1, 0.15) is 11.9 Å². The number of rotatable bonds is 7. The maximum absolute atomic E-state index is 12.1. The zero-order chi connectivity index (χ0) is 16.8. The van der Waals surface area contributed by atoms with Gasteiger partial charge in [-0.1, -0.05) is 0 Å². The average molecular weight is 329 g/mol. The molecule has 3 rings (SSSR count). The maximum atomic E-state index is 12.1. The molecule has 1 amide bonds. The molecule has 0 spiro atoms. The van der Waals surface area contributed by atoms with Gasteiger partial charge in [0.15, 0.2) is 0 Å². The molecular formula is C18H23N3O3. The van der Waals surface area contributed by atoms with Crippen LogP contribution in [0.3, 0.4) is 0 Å². The molecule has 1 aliphatic rings. The molecule has 0 bridgehead atoms. The number of pyridine rings is 1. The molecule has 1 fully saturated rings. The second-order valence-electron chi connectivity index (χ2n) is 5.96. The van der Waals surface area contributed by atoms with Crippen molar-refractivity contribution in [3.8, 4) is 5.75 Å². The molecule has 0 unspecified atom stereocenters. The smallest absolute Gasteiger partial charge is 0.237 e. The van der Waals surface area contributed by atoms with E-state index in [9.17, 15) is 4.79 Å². The first-order valence-electron chi connectivity index (χ1n) is 8.27. The van der Waals surface area contributed by atoms with Crippen LogP contribution in [0.25, 0.3) is 10.8 Å². The molecule has 6 heteroatoms. The number of carbonyl (C=O) groups excluding carboxylic acids is 1. The van der Waals surface area contributed by atoms with Gasteiger partial charge in [-0.25, -0.2) is 0 Å². The Labute approximate surface area is 141 Å². The van der Waals surface area contributed by atoms with Gasteiger partial charge in [0.05, 0.1) is 6.04 Å². The molecule has 0 radical (unpaired) electrons. The van der Waals surface area contributed by atoms with E-state index in [1.165, 1.54) is 0 Å². The van der Waals surface area contributed by atoms with Crippen molar-refractivity contribution < 1.29 is 14.3 Å². The van der Waals surface area contributed by atoms with E-state index in [-0.39, 0.29) is 18.1 Å². The highest BCUT2D eigenvalue weighted by Gasteiger charge is 2.30. The van der Waals surface area contributed by atoms with E-state index >= 15 is 0 Å². The van der Waals surface area contributed by atoms with Gasteiger partial charge in [-0.05, 0) is 36.1 Å². The van der Waals surface area contributed by atoms with E-state index < -0.39 is 0 Å². The Morgan fingerprint density at radius 3 is 3.17 bits per heavy atom. The van der Waals surface area contributed by atoms with Crippen molar-refractivity contribution in [1.82, 2.24) is 15.6 Å². The Kier molecular flexibility index (Phi) is 5.61. The van der Waals surface area contributed by atoms with E-state index in [1.807, 2.05) is 30.5 Å². The van der Waals surface area contributed by atoms with E-state index in [0.29, 0.717) is 26.1 Å². The van der Waals surface area contributed by atoms with Gasteiger partial charge in [-0.15, -0.1) is 0 Å². The van der Waals surface area contributed by atoms with E-state index in [2.05, 4.69) is 15.6 Å². The van der Waals surface area contributed by atoms with Gasteiger partial charge in [-0.3, -0.25) is 9.78 Å². The van der Waals surface area contributed by atoms with Crippen LogP contribution in [0, 0.1) is 0 Å². The summed E-state index contributed by atoms with van der Waals surface area (Å²) >= 11 is 0. The third-order valence-electron chi connectivity index (χ3n) is 4.15. The normalized spacial score (nSPS) is 20.2. The number of amides is 1. The minimum atomic E-state index is -0.192. The standard InChI is InChI=1S/C18H23N3O3/c1-23-8-2-6-20-18(22)17-10-16(12-21-17)24-15-4-3-14-11-19-7-5-13(14)9-15/h3-5,7,9,11,16-17,21H,2,6,8,10,12H2,1H3,(H,20,22)/t16-,17+/m1/s1. The number of aromatic nitrogens is 1. The van der Waals surface area contributed by atoms with Gasteiger partial charge < -0.3 is 20.1 Å². The largest absolute Gasteiger partial charge is 0.489 e. The van der Waals surface area contributed by atoms with E-state index in [0.717, 1.165) is 22.9 Å². The number of hydrogen-bond acceptors (Lipinski definition) is 5. The fourth-order valence-corrected chi connectivity index (χ4v) is 2.87. The lowest BCUT2D eigenvalue weighted by Gasteiger charge is -2.14. The van der Waals surface area contributed by atoms with Crippen molar-refractivity contribution >= 4 is 16.7 Å². The average Bonchev–Trinajstić information content (AvgIpc) is 3.07. The molecule has 0 saturated carbocycles. The van der Waals surface area contributed by atoms with Crippen LogP contribution in [0.4, 0.5) is 0 Å². The first-order chi connectivity index (χ1) is 11.8. The number of nitrogens with one attached hydrogen (secondary N) is 2. The predicted octanol–water partition coefficient (Wildman–Crippen LogP) is 1.50. The highest BCUT2D eigenvalue weighted by atomic mass is 16.5. The lowest BCUT2D eigenvalue weighted by Crippen LogP contribution is -2.40. The maximum Gasteiger partial charge on any atom is 0.237 e. The first-order valence-corrected chi connectivity index (χ1v) is 8.27. The van der Waals surface area contributed by atoms with Crippen LogP contribution in [0.15, 0.2) is 36.7 Å². The van der Waals surface area contributed by atoms with Crippen molar-refractivity contribution in [3.63, 3.8) is 0 Å². The van der Waals surface area contributed by atoms with Gasteiger partial charge in [0.2, 0.25) is 5.91 Å². The van der Waals surface area contributed by atoms with Crippen LogP contribution >= 0.6 is 0 Å². The molecule has 2 heterocycles. The fourth-order valence-electron chi connectivity index (χ4n) is 2.87. The molecule has 1 aromatic carbocycles. The predicted molar refractivity (Wildman–Crippen MR) is 92.1 cm³/mol. The summed E-state index contributed by atoms with van der Waals surface area (Å²) in [6.45, 7) is 1.96. The summed E-state index contributed by atoms with van der Waals surface area (Å²) < 4.78 is 11.0. The quantitative estimate of drug-likeness (QED) is 0.753. The van der Waals surface area contributed by atoms with Crippen LogP contribution in [-0.2, 0) is 9.53 Å². The monoisotopic (exact) mass is 329 g/mol. The Balaban J connectivity index is 1.50. The number of nitrogens with zero attached hydrogens (tertiary/aromatic N) is 1. The van der Waals surface area contributed by atoms with Gasteiger partial charge >= 0.3 is 0 Å². The number of ether oxygens (including phenoxy) is 2. The molecule has 2 N–H and O–H groups in total. The number of fused-ring (bicyclic) bond motifs is 1. The molecule has 2 aromatic rings. The highest BCUT2D eigenvalue weighted by Crippen LogP contribution is 2.22. The summed E-state index contributed by atoms with van der Waals surface area (Å²) in [5, 5.41) is 8.33. The topological polar surface area (TPSA) is 72.5 Å². The zero-order valence-corrected chi connectivity index (χ0v) is 13.8. The number of hydrogen-bond donors (Lipinski definition) is 2. The number of methoxy groups -OCH3 is 1. The second-order valence-corrected chi connectivity index (χ2v) is 5.96. The zero-order valence-electron chi connectivity index (χ0n) is 13.8. The third-order valence-corrected chi connectivity index (χ3v) is 4.15. The summed E-state index contributed by atoms with van der Waals surface area (Å²) in [5.41, 5.74) is 0. The van der Waals surface area contributed by atoms with Crippen LogP contribution in [0.5, 0.6) is 5.75 Å². The number of carbonyl (C=O) groups is 1. The van der Waals surface area contributed by atoms with Crippen LogP contribution in [0.2, 0.25) is 0 Å². The Morgan fingerprint density at radius 2 is 2.29 bits per heavy atom.